The molecule has 3 amide bonds. The van der Waals surface area contributed by atoms with Crippen LogP contribution in [0.1, 0.15) is 63.8 Å². The lowest BCUT2D eigenvalue weighted by Gasteiger charge is -2.38. The fraction of sp³-hybridized carbons (Fsp3) is 0.414. The number of benzene rings is 2. The van der Waals surface area contributed by atoms with Crippen LogP contribution in [-0.2, 0) is 20.9 Å². The first kappa shape index (κ1) is 29.6. The fourth-order valence-electron chi connectivity index (χ4n) is 3.79. The Morgan fingerprint density at radius 3 is 2.35 bits per heavy atom. The summed E-state index contributed by atoms with van der Waals surface area (Å²) in [7, 11) is 0. The lowest BCUT2D eigenvalue weighted by Crippen LogP contribution is -2.56. The molecule has 0 radical (unpaired) electrons. The van der Waals surface area contributed by atoms with Crippen molar-refractivity contribution in [2.75, 3.05) is 6.61 Å². The maximum atomic E-state index is 13.8. The van der Waals surface area contributed by atoms with E-state index in [-0.39, 0.29) is 18.5 Å². The molecule has 2 aromatic carbocycles. The van der Waals surface area contributed by atoms with Gasteiger partial charge in [0, 0.05) is 12.6 Å². The number of rotatable bonds is 11. The molecule has 37 heavy (non-hydrogen) atoms. The molecule has 0 bridgehead atoms. The Balaban J connectivity index is 2.46. The average molecular weight is 510 g/mol. The maximum Gasteiger partial charge on any atom is 0.408 e. The Morgan fingerprint density at radius 1 is 1.11 bits per heavy atom. The summed E-state index contributed by atoms with van der Waals surface area (Å²) in [6.07, 6.45) is 1.38. The molecule has 0 spiro atoms. The van der Waals surface area contributed by atoms with Gasteiger partial charge in [-0.25, -0.2) is 4.79 Å². The second-order valence-corrected chi connectivity index (χ2v) is 9.86. The number of ether oxygens (including phenoxy) is 1. The summed E-state index contributed by atoms with van der Waals surface area (Å²) in [4.78, 5) is 41.4. The molecule has 0 aliphatic carbocycles. The Hall–Kier alpha value is -3.65. The van der Waals surface area contributed by atoms with Gasteiger partial charge in [-0.1, -0.05) is 68.1 Å². The van der Waals surface area contributed by atoms with Crippen molar-refractivity contribution in [3.8, 4) is 0 Å². The standard InChI is InChI=1S/C29H39N3O5/c1-7-20(3)32(27(35)24(19-33)31-28(36)37-29(4,5)6)25(23-16-12-15-21(8-2)17-23)26(34)30-18-22-13-10-9-11-14-22/h8-17,20,24-25,33H,2,7,18-19H2,1,3-6H3,(H,30,34)(H,31,36). The third-order valence-electron chi connectivity index (χ3n) is 5.79. The van der Waals surface area contributed by atoms with Gasteiger partial charge in [0.25, 0.3) is 0 Å². The van der Waals surface area contributed by atoms with Gasteiger partial charge < -0.3 is 25.4 Å². The molecule has 3 N–H and O–H groups in total. The highest BCUT2D eigenvalue weighted by Gasteiger charge is 2.38. The van der Waals surface area contributed by atoms with Crippen molar-refractivity contribution in [2.45, 2.75) is 71.3 Å². The van der Waals surface area contributed by atoms with Crippen LogP contribution in [0.5, 0.6) is 0 Å². The Labute approximate surface area is 219 Å². The van der Waals surface area contributed by atoms with Crippen molar-refractivity contribution < 1.29 is 24.2 Å². The SMILES string of the molecule is C=Cc1cccc(C(C(=O)NCc2ccccc2)N(C(=O)C(CO)NC(=O)OC(C)(C)C)C(C)CC)c1. The number of alkyl carbamates (subject to hydrolysis) is 1. The van der Waals surface area contributed by atoms with Gasteiger partial charge in [-0.05, 0) is 56.9 Å². The number of aliphatic hydroxyl groups excluding tert-OH is 1. The minimum atomic E-state index is -1.30. The summed E-state index contributed by atoms with van der Waals surface area (Å²) in [6, 6.07) is 14.0. The van der Waals surface area contributed by atoms with E-state index in [1.165, 1.54) is 4.90 Å². The monoisotopic (exact) mass is 509 g/mol. The number of nitrogens with zero attached hydrogens (tertiary/aromatic N) is 1. The normalized spacial score (nSPS) is 13.6. The predicted molar refractivity (Wildman–Crippen MR) is 144 cm³/mol. The Morgan fingerprint density at radius 2 is 1.78 bits per heavy atom. The number of amides is 3. The molecule has 3 unspecified atom stereocenters. The molecule has 0 aliphatic rings. The number of nitrogens with one attached hydrogen (secondary N) is 2. The topological polar surface area (TPSA) is 108 Å². The first-order chi connectivity index (χ1) is 17.5. The zero-order valence-corrected chi connectivity index (χ0v) is 22.4. The van der Waals surface area contributed by atoms with Gasteiger partial charge in [0.15, 0.2) is 0 Å². The van der Waals surface area contributed by atoms with E-state index in [9.17, 15) is 19.5 Å². The minimum absolute atomic E-state index is 0.277. The highest BCUT2D eigenvalue weighted by Crippen LogP contribution is 2.27. The molecule has 0 fully saturated rings. The summed E-state index contributed by atoms with van der Waals surface area (Å²) < 4.78 is 5.27. The Bertz CT molecular complexity index is 1060. The van der Waals surface area contributed by atoms with Crippen molar-refractivity contribution in [2.24, 2.45) is 0 Å². The molecule has 0 saturated heterocycles. The van der Waals surface area contributed by atoms with E-state index in [4.69, 9.17) is 4.74 Å². The van der Waals surface area contributed by atoms with Crippen molar-refractivity contribution in [3.05, 3.63) is 77.9 Å². The molecule has 2 aromatic rings. The molecule has 0 aliphatic heterocycles. The molecule has 0 heterocycles. The van der Waals surface area contributed by atoms with Crippen molar-refractivity contribution in [1.29, 1.82) is 0 Å². The number of aliphatic hydroxyl groups is 1. The van der Waals surface area contributed by atoms with Crippen LogP contribution >= 0.6 is 0 Å². The van der Waals surface area contributed by atoms with Crippen molar-refractivity contribution >= 4 is 24.0 Å². The zero-order valence-electron chi connectivity index (χ0n) is 22.4. The molecular formula is C29H39N3O5. The van der Waals surface area contributed by atoms with Crippen LogP contribution in [0.4, 0.5) is 4.79 Å². The largest absolute Gasteiger partial charge is 0.444 e. The summed E-state index contributed by atoms with van der Waals surface area (Å²) in [5, 5.41) is 15.4. The first-order valence-corrected chi connectivity index (χ1v) is 12.5. The highest BCUT2D eigenvalue weighted by atomic mass is 16.6. The van der Waals surface area contributed by atoms with E-state index in [1.54, 1.807) is 45.0 Å². The second kappa shape index (κ2) is 13.6. The smallest absolute Gasteiger partial charge is 0.408 e. The van der Waals surface area contributed by atoms with Crippen LogP contribution < -0.4 is 10.6 Å². The van der Waals surface area contributed by atoms with Gasteiger partial charge in [-0.15, -0.1) is 0 Å². The predicted octanol–water partition coefficient (Wildman–Crippen LogP) is 4.20. The van der Waals surface area contributed by atoms with E-state index < -0.39 is 36.3 Å². The van der Waals surface area contributed by atoms with Gasteiger partial charge in [0.2, 0.25) is 11.8 Å². The van der Waals surface area contributed by atoms with Crippen LogP contribution in [0.2, 0.25) is 0 Å². The van der Waals surface area contributed by atoms with E-state index in [0.717, 1.165) is 11.1 Å². The van der Waals surface area contributed by atoms with E-state index in [1.807, 2.05) is 50.2 Å². The van der Waals surface area contributed by atoms with Crippen molar-refractivity contribution in [3.63, 3.8) is 0 Å². The zero-order chi connectivity index (χ0) is 27.6. The van der Waals surface area contributed by atoms with Crippen LogP contribution in [0.3, 0.4) is 0 Å². The molecular weight excluding hydrogens is 470 g/mol. The van der Waals surface area contributed by atoms with Crippen molar-refractivity contribution in [1.82, 2.24) is 15.5 Å². The fourth-order valence-corrected chi connectivity index (χ4v) is 3.79. The van der Waals surface area contributed by atoms with Crippen LogP contribution in [0.15, 0.2) is 61.2 Å². The highest BCUT2D eigenvalue weighted by molar-refractivity contribution is 5.92. The third kappa shape index (κ3) is 8.75. The molecule has 8 heteroatoms. The number of carbonyl (C=O) groups excluding carboxylic acids is 3. The number of hydrogen-bond acceptors (Lipinski definition) is 5. The third-order valence-corrected chi connectivity index (χ3v) is 5.79. The molecule has 200 valence electrons. The van der Waals surface area contributed by atoms with Gasteiger partial charge in [0.05, 0.1) is 6.61 Å². The van der Waals surface area contributed by atoms with E-state index in [0.29, 0.717) is 12.0 Å². The molecule has 8 nitrogen and oxygen atoms in total. The lowest BCUT2D eigenvalue weighted by molar-refractivity contribution is -0.145. The van der Waals surface area contributed by atoms with Gasteiger partial charge in [-0.2, -0.15) is 0 Å². The average Bonchev–Trinajstić information content (AvgIpc) is 2.87. The number of carbonyl (C=O) groups is 3. The summed E-state index contributed by atoms with van der Waals surface area (Å²) in [5.74, 6) is -0.973. The summed E-state index contributed by atoms with van der Waals surface area (Å²) >= 11 is 0. The lowest BCUT2D eigenvalue weighted by atomic mass is 9.98. The van der Waals surface area contributed by atoms with Gasteiger partial charge in [0.1, 0.15) is 17.7 Å². The maximum absolute atomic E-state index is 13.8. The molecule has 2 rings (SSSR count). The van der Waals surface area contributed by atoms with E-state index in [2.05, 4.69) is 17.2 Å². The minimum Gasteiger partial charge on any atom is -0.444 e. The molecule has 3 atom stereocenters. The van der Waals surface area contributed by atoms with Crippen LogP contribution in [0, 0.1) is 0 Å². The quantitative estimate of drug-likeness (QED) is 0.421. The van der Waals surface area contributed by atoms with E-state index >= 15 is 0 Å². The Kier molecular flexibility index (Phi) is 10.9. The van der Waals surface area contributed by atoms with Gasteiger partial charge in [-0.3, -0.25) is 9.59 Å². The van der Waals surface area contributed by atoms with Crippen LogP contribution in [0.25, 0.3) is 6.08 Å². The molecule has 0 aromatic heterocycles. The number of hydrogen-bond donors (Lipinski definition) is 3. The molecule has 0 saturated carbocycles. The second-order valence-electron chi connectivity index (χ2n) is 9.86. The summed E-state index contributed by atoms with van der Waals surface area (Å²) in [5.41, 5.74) is 1.51. The first-order valence-electron chi connectivity index (χ1n) is 12.5. The van der Waals surface area contributed by atoms with Crippen LogP contribution in [-0.4, -0.2) is 52.2 Å². The summed E-state index contributed by atoms with van der Waals surface area (Å²) in [6.45, 7) is 12.3. The van der Waals surface area contributed by atoms with Gasteiger partial charge >= 0.3 is 6.09 Å².